The summed E-state index contributed by atoms with van der Waals surface area (Å²) in [7, 11) is 0. The van der Waals surface area contributed by atoms with Gasteiger partial charge in [0, 0.05) is 11.8 Å². The third-order valence-corrected chi connectivity index (χ3v) is 3.68. The summed E-state index contributed by atoms with van der Waals surface area (Å²) in [5.41, 5.74) is 10.6. The summed E-state index contributed by atoms with van der Waals surface area (Å²) < 4.78 is 0.882. The minimum Gasteiger partial charge on any atom is -0.383 e. The zero-order chi connectivity index (χ0) is 12.6. The summed E-state index contributed by atoms with van der Waals surface area (Å²) in [6.07, 6.45) is 1.76. The Morgan fingerprint density at radius 1 is 1.06 bits per heavy atom. The predicted molar refractivity (Wildman–Crippen MR) is 78.8 cm³/mol. The molecule has 4 heteroatoms. The largest absolute Gasteiger partial charge is 0.383 e. The van der Waals surface area contributed by atoms with E-state index in [1.807, 2.05) is 0 Å². The number of rotatable bonds is 1. The Labute approximate surface area is 115 Å². The van der Waals surface area contributed by atoms with Crippen LogP contribution >= 0.6 is 22.6 Å². The quantitative estimate of drug-likeness (QED) is 0.812. The fourth-order valence-electron chi connectivity index (χ4n) is 1.71. The second kappa shape index (κ2) is 4.60. The molecule has 0 saturated carbocycles. The van der Waals surface area contributed by atoms with E-state index in [4.69, 9.17) is 5.73 Å². The standard InChI is InChI=1S/C13H14IN3/c1-7-4-9(3)10(5-8(7)2)13-16-6-11(14)12(15)17-13/h4-6H,1-3H3,(H2,15,16,17). The Morgan fingerprint density at radius 2 is 1.71 bits per heavy atom. The van der Waals surface area contributed by atoms with E-state index < -0.39 is 0 Å². The lowest BCUT2D eigenvalue weighted by molar-refractivity contribution is 1.15. The molecule has 0 spiro atoms. The molecule has 0 atom stereocenters. The maximum absolute atomic E-state index is 5.82. The van der Waals surface area contributed by atoms with Crippen LogP contribution in [0.2, 0.25) is 0 Å². The average Bonchev–Trinajstić information content (AvgIpc) is 2.27. The van der Waals surface area contributed by atoms with Crippen LogP contribution < -0.4 is 5.73 Å². The molecule has 2 N–H and O–H groups in total. The molecule has 0 aliphatic carbocycles. The second-order valence-electron chi connectivity index (χ2n) is 4.18. The summed E-state index contributed by atoms with van der Waals surface area (Å²) in [5.74, 6) is 1.23. The summed E-state index contributed by atoms with van der Waals surface area (Å²) in [4.78, 5) is 8.68. The number of aryl methyl sites for hydroxylation is 3. The molecule has 0 bridgehead atoms. The second-order valence-corrected chi connectivity index (χ2v) is 5.34. The van der Waals surface area contributed by atoms with E-state index in [-0.39, 0.29) is 0 Å². The van der Waals surface area contributed by atoms with Crippen LogP contribution in [0.15, 0.2) is 18.3 Å². The van der Waals surface area contributed by atoms with Crippen molar-refractivity contribution in [1.29, 1.82) is 0 Å². The van der Waals surface area contributed by atoms with Crippen molar-refractivity contribution in [3.63, 3.8) is 0 Å². The number of anilines is 1. The van der Waals surface area contributed by atoms with E-state index in [9.17, 15) is 0 Å². The lowest BCUT2D eigenvalue weighted by Crippen LogP contribution is -2.00. The molecule has 1 aromatic carbocycles. The monoisotopic (exact) mass is 339 g/mol. The highest BCUT2D eigenvalue weighted by atomic mass is 127. The topological polar surface area (TPSA) is 51.8 Å². The van der Waals surface area contributed by atoms with Crippen LogP contribution in [0.1, 0.15) is 16.7 Å². The molecule has 2 rings (SSSR count). The smallest absolute Gasteiger partial charge is 0.161 e. The number of nitrogens with two attached hydrogens (primary N) is 1. The van der Waals surface area contributed by atoms with Gasteiger partial charge in [-0.15, -0.1) is 0 Å². The zero-order valence-electron chi connectivity index (χ0n) is 10.1. The van der Waals surface area contributed by atoms with Gasteiger partial charge in [0.25, 0.3) is 0 Å². The fraction of sp³-hybridized carbons (Fsp3) is 0.231. The van der Waals surface area contributed by atoms with Gasteiger partial charge in [-0.05, 0) is 66.1 Å². The molecule has 0 aliphatic heterocycles. The van der Waals surface area contributed by atoms with E-state index in [2.05, 4.69) is 65.5 Å². The molecular weight excluding hydrogens is 325 g/mol. The molecule has 0 radical (unpaired) electrons. The molecule has 1 heterocycles. The number of aromatic nitrogens is 2. The lowest BCUT2D eigenvalue weighted by Gasteiger charge is -2.09. The van der Waals surface area contributed by atoms with E-state index in [1.54, 1.807) is 6.20 Å². The first-order chi connectivity index (χ1) is 7.99. The molecule has 0 fully saturated rings. The molecule has 17 heavy (non-hydrogen) atoms. The Balaban J connectivity index is 2.60. The molecule has 2 aromatic rings. The van der Waals surface area contributed by atoms with Crippen molar-refractivity contribution in [2.45, 2.75) is 20.8 Å². The van der Waals surface area contributed by atoms with Crippen LogP contribution in [0.4, 0.5) is 5.82 Å². The summed E-state index contributed by atoms with van der Waals surface area (Å²) in [6, 6.07) is 4.27. The third-order valence-electron chi connectivity index (χ3n) is 2.85. The van der Waals surface area contributed by atoms with Crippen LogP contribution in [0.5, 0.6) is 0 Å². The van der Waals surface area contributed by atoms with Crippen LogP contribution in [-0.4, -0.2) is 9.97 Å². The van der Waals surface area contributed by atoms with Crippen molar-refractivity contribution in [3.05, 3.63) is 38.6 Å². The molecule has 0 unspecified atom stereocenters. The average molecular weight is 339 g/mol. The van der Waals surface area contributed by atoms with Gasteiger partial charge >= 0.3 is 0 Å². The molecule has 0 amide bonds. The van der Waals surface area contributed by atoms with Crippen LogP contribution in [0.3, 0.4) is 0 Å². The van der Waals surface area contributed by atoms with Gasteiger partial charge in [-0.25, -0.2) is 9.97 Å². The van der Waals surface area contributed by atoms with Gasteiger partial charge in [-0.2, -0.15) is 0 Å². The Kier molecular flexibility index (Phi) is 3.33. The van der Waals surface area contributed by atoms with E-state index in [1.165, 1.54) is 16.7 Å². The van der Waals surface area contributed by atoms with Crippen molar-refractivity contribution >= 4 is 28.4 Å². The third kappa shape index (κ3) is 2.41. The first-order valence-corrected chi connectivity index (χ1v) is 6.43. The van der Waals surface area contributed by atoms with Gasteiger partial charge in [0.05, 0.1) is 3.57 Å². The highest BCUT2D eigenvalue weighted by Gasteiger charge is 2.08. The lowest BCUT2D eigenvalue weighted by atomic mass is 10.0. The summed E-state index contributed by atoms with van der Waals surface area (Å²) in [5, 5.41) is 0. The fourth-order valence-corrected chi connectivity index (χ4v) is 1.97. The number of hydrogen-bond acceptors (Lipinski definition) is 3. The molecule has 0 saturated heterocycles. The summed E-state index contributed by atoms with van der Waals surface area (Å²) in [6.45, 7) is 6.27. The molecule has 1 aromatic heterocycles. The normalized spacial score (nSPS) is 10.6. The van der Waals surface area contributed by atoms with Crippen LogP contribution in [0.25, 0.3) is 11.4 Å². The number of halogens is 1. The minimum atomic E-state index is 0.535. The van der Waals surface area contributed by atoms with Gasteiger partial charge in [0.2, 0.25) is 0 Å². The number of benzene rings is 1. The van der Waals surface area contributed by atoms with Gasteiger partial charge in [-0.1, -0.05) is 6.07 Å². The summed E-state index contributed by atoms with van der Waals surface area (Å²) >= 11 is 2.13. The first kappa shape index (κ1) is 12.3. The molecule has 3 nitrogen and oxygen atoms in total. The Bertz CT molecular complexity index is 579. The highest BCUT2D eigenvalue weighted by molar-refractivity contribution is 14.1. The van der Waals surface area contributed by atoms with E-state index in [0.717, 1.165) is 9.13 Å². The van der Waals surface area contributed by atoms with Crippen molar-refractivity contribution in [3.8, 4) is 11.4 Å². The van der Waals surface area contributed by atoms with Crippen molar-refractivity contribution in [2.75, 3.05) is 5.73 Å². The minimum absolute atomic E-state index is 0.535. The van der Waals surface area contributed by atoms with Crippen molar-refractivity contribution < 1.29 is 0 Å². The van der Waals surface area contributed by atoms with Gasteiger partial charge < -0.3 is 5.73 Å². The van der Waals surface area contributed by atoms with Crippen LogP contribution in [0, 0.1) is 24.3 Å². The Morgan fingerprint density at radius 3 is 2.35 bits per heavy atom. The van der Waals surface area contributed by atoms with Crippen LogP contribution in [-0.2, 0) is 0 Å². The molecular formula is C13H14IN3. The SMILES string of the molecule is Cc1cc(C)c(-c2ncc(I)c(N)n2)cc1C. The number of nitrogens with zero attached hydrogens (tertiary/aromatic N) is 2. The van der Waals surface area contributed by atoms with E-state index >= 15 is 0 Å². The van der Waals surface area contributed by atoms with E-state index in [0.29, 0.717) is 11.6 Å². The number of hydrogen-bond donors (Lipinski definition) is 1. The first-order valence-electron chi connectivity index (χ1n) is 5.35. The molecule has 0 aliphatic rings. The van der Waals surface area contributed by atoms with Gasteiger partial charge in [0.1, 0.15) is 5.82 Å². The molecule has 88 valence electrons. The predicted octanol–water partition coefficient (Wildman–Crippen LogP) is 3.26. The zero-order valence-corrected chi connectivity index (χ0v) is 12.2. The van der Waals surface area contributed by atoms with Gasteiger partial charge in [0.15, 0.2) is 5.82 Å². The number of nitrogen functional groups attached to an aromatic ring is 1. The van der Waals surface area contributed by atoms with Crippen molar-refractivity contribution in [1.82, 2.24) is 9.97 Å². The maximum atomic E-state index is 5.82. The highest BCUT2D eigenvalue weighted by Crippen LogP contribution is 2.25. The Hall–Kier alpha value is -1.17. The maximum Gasteiger partial charge on any atom is 0.161 e. The van der Waals surface area contributed by atoms with Gasteiger partial charge in [-0.3, -0.25) is 0 Å². The van der Waals surface area contributed by atoms with Crippen molar-refractivity contribution in [2.24, 2.45) is 0 Å².